The number of carbonyl (C=O) groups excluding carboxylic acids is 2. The molecule has 0 aliphatic carbocycles. The third kappa shape index (κ3) is 5.93. The van der Waals surface area contributed by atoms with Gasteiger partial charge in [-0.25, -0.2) is 4.39 Å². The third-order valence-corrected chi connectivity index (χ3v) is 7.89. The van der Waals surface area contributed by atoms with Crippen LogP contribution in [0.25, 0.3) is 0 Å². The van der Waals surface area contributed by atoms with Gasteiger partial charge in [0.05, 0.1) is 6.04 Å². The molecule has 5 nitrogen and oxygen atoms in total. The Hall–Kier alpha value is -2.71. The highest BCUT2D eigenvalue weighted by Gasteiger charge is 2.34. The molecule has 0 unspecified atom stereocenters. The summed E-state index contributed by atoms with van der Waals surface area (Å²) in [5.41, 5.74) is 1.62. The zero-order valence-electron chi connectivity index (χ0n) is 19.7. The maximum Gasteiger partial charge on any atom is 0.254 e. The van der Waals surface area contributed by atoms with Crippen molar-refractivity contribution >= 4 is 39.1 Å². The number of hydrogen-bond donors (Lipinski definition) is 0. The Morgan fingerprint density at radius 3 is 2.71 bits per heavy atom. The molecular weight excluding hydrogens is 531 g/mol. The van der Waals surface area contributed by atoms with Crippen molar-refractivity contribution in [2.24, 2.45) is 0 Å². The van der Waals surface area contributed by atoms with Crippen LogP contribution in [0.4, 0.5) is 4.39 Å². The maximum atomic E-state index is 13.7. The van der Waals surface area contributed by atoms with E-state index in [4.69, 9.17) is 4.74 Å². The van der Waals surface area contributed by atoms with E-state index in [-0.39, 0.29) is 42.9 Å². The van der Waals surface area contributed by atoms with Gasteiger partial charge in [0.15, 0.2) is 0 Å². The third-order valence-electron chi connectivity index (χ3n) is 6.40. The average Bonchev–Trinajstić information content (AvgIpc) is 3.35. The number of ether oxygens (including phenoxy) is 1. The number of benzene rings is 2. The number of amides is 2. The second kappa shape index (κ2) is 11.4. The van der Waals surface area contributed by atoms with Gasteiger partial charge in [0.25, 0.3) is 5.91 Å². The molecule has 0 saturated carbocycles. The molecule has 0 bridgehead atoms. The summed E-state index contributed by atoms with van der Waals surface area (Å²) in [4.78, 5) is 31.7. The molecule has 2 amide bonds. The summed E-state index contributed by atoms with van der Waals surface area (Å²) in [6.45, 7) is 4.78. The van der Waals surface area contributed by atoms with E-state index in [1.165, 1.54) is 17.0 Å². The van der Waals surface area contributed by atoms with E-state index in [9.17, 15) is 14.0 Å². The van der Waals surface area contributed by atoms with Crippen molar-refractivity contribution in [3.05, 3.63) is 86.3 Å². The molecule has 0 fully saturated rings. The first-order valence-corrected chi connectivity index (χ1v) is 13.3. The molecule has 2 aromatic carbocycles. The highest BCUT2D eigenvalue weighted by atomic mass is 79.9. The predicted octanol–water partition coefficient (Wildman–Crippen LogP) is 6.10. The lowest BCUT2D eigenvalue weighted by molar-refractivity contribution is -0.136. The molecule has 0 saturated heterocycles. The van der Waals surface area contributed by atoms with Crippen molar-refractivity contribution < 1.29 is 18.7 Å². The number of nitrogens with zero attached hydrogens (tertiary/aromatic N) is 2. The normalized spacial score (nSPS) is 15.9. The van der Waals surface area contributed by atoms with E-state index in [2.05, 4.69) is 15.9 Å². The molecule has 1 aromatic heterocycles. The molecule has 35 heavy (non-hydrogen) atoms. The first-order valence-electron chi connectivity index (χ1n) is 11.7. The van der Waals surface area contributed by atoms with Crippen LogP contribution in [0.1, 0.15) is 47.1 Å². The molecule has 1 aliphatic heterocycles. The van der Waals surface area contributed by atoms with Gasteiger partial charge in [-0.2, -0.15) is 0 Å². The predicted molar refractivity (Wildman–Crippen MR) is 139 cm³/mol. The zero-order valence-corrected chi connectivity index (χ0v) is 22.1. The standard InChI is InChI=1S/C27H28BrFN2O3S/c1-3-18(2)31(27(33)19-5-4-6-20(28)15-19)16-26(32)30-13-11-25-23(12-14-35-25)24(30)17-34-22-9-7-21(29)8-10-22/h4-10,12,14-15,18,24H,3,11,13,16-17H2,1-2H3/t18-,24+/m0/s1. The number of halogens is 2. The fourth-order valence-electron chi connectivity index (χ4n) is 4.25. The fourth-order valence-corrected chi connectivity index (χ4v) is 5.58. The van der Waals surface area contributed by atoms with Gasteiger partial charge >= 0.3 is 0 Å². The number of fused-ring (bicyclic) bond motifs is 1. The van der Waals surface area contributed by atoms with E-state index >= 15 is 0 Å². The van der Waals surface area contributed by atoms with E-state index in [0.717, 1.165) is 22.9 Å². The smallest absolute Gasteiger partial charge is 0.254 e. The van der Waals surface area contributed by atoms with Crippen LogP contribution >= 0.6 is 27.3 Å². The van der Waals surface area contributed by atoms with Crippen LogP contribution < -0.4 is 4.74 Å². The van der Waals surface area contributed by atoms with Gasteiger partial charge in [0.2, 0.25) is 5.91 Å². The van der Waals surface area contributed by atoms with Crippen LogP contribution in [0.2, 0.25) is 0 Å². The van der Waals surface area contributed by atoms with E-state index < -0.39 is 0 Å². The molecule has 2 atom stereocenters. The van der Waals surface area contributed by atoms with Gasteiger partial charge in [-0.05, 0) is 79.2 Å². The Kier molecular flexibility index (Phi) is 8.23. The first-order chi connectivity index (χ1) is 16.9. The van der Waals surface area contributed by atoms with Crippen LogP contribution in [0.5, 0.6) is 5.75 Å². The van der Waals surface area contributed by atoms with E-state index in [0.29, 0.717) is 17.9 Å². The van der Waals surface area contributed by atoms with Crippen LogP contribution in [0, 0.1) is 5.82 Å². The SMILES string of the molecule is CC[C@H](C)N(CC(=O)N1CCc2sccc2[C@H]1COc1ccc(F)cc1)C(=O)c1cccc(Br)c1. The van der Waals surface area contributed by atoms with Crippen LogP contribution in [0.15, 0.2) is 64.5 Å². The number of thiophene rings is 1. The second-order valence-electron chi connectivity index (χ2n) is 8.62. The van der Waals surface area contributed by atoms with Crippen molar-refractivity contribution in [1.82, 2.24) is 9.80 Å². The minimum atomic E-state index is -0.327. The van der Waals surface area contributed by atoms with Crippen molar-refractivity contribution in [3.8, 4) is 5.75 Å². The molecule has 1 aliphatic rings. The van der Waals surface area contributed by atoms with Crippen molar-refractivity contribution in [1.29, 1.82) is 0 Å². The lowest BCUT2D eigenvalue weighted by Gasteiger charge is -2.38. The lowest BCUT2D eigenvalue weighted by Crippen LogP contribution is -2.49. The van der Waals surface area contributed by atoms with Crippen LogP contribution in [0.3, 0.4) is 0 Å². The molecular formula is C27H28BrFN2O3S. The minimum absolute atomic E-state index is 0.00707. The molecule has 2 heterocycles. The zero-order chi connectivity index (χ0) is 24.9. The monoisotopic (exact) mass is 558 g/mol. The van der Waals surface area contributed by atoms with E-state index in [1.807, 2.05) is 42.3 Å². The van der Waals surface area contributed by atoms with Gasteiger partial charge in [0.1, 0.15) is 24.7 Å². The van der Waals surface area contributed by atoms with Crippen molar-refractivity contribution in [3.63, 3.8) is 0 Å². The second-order valence-corrected chi connectivity index (χ2v) is 10.5. The van der Waals surface area contributed by atoms with Gasteiger partial charge in [-0.15, -0.1) is 11.3 Å². The molecule has 0 spiro atoms. The number of carbonyl (C=O) groups is 2. The van der Waals surface area contributed by atoms with Gasteiger partial charge in [-0.3, -0.25) is 9.59 Å². The van der Waals surface area contributed by atoms with Crippen molar-refractivity contribution in [2.45, 2.75) is 38.8 Å². The lowest BCUT2D eigenvalue weighted by atomic mass is 10.00. The van der Waals surface area contributed by atoms with Gasteiger partial charge in [0, 0.05) is 27.5 Å². The molecule has 3 aromatic rings. The number of rotatable bonds is 8. The molecule has 4 rings (SSSR count). The fraction of sp³-hybridized carbons (Fsp3) is 0.333. The minimum Gasteiger partial charge on any atom is -0.491 e. The molecule has 184 valence electrons. The highest BCUT2D eigenvalue weighted by Crippen LogP contribution is 2.34. The topological polar surface area (TPSA) is 49.9 Å². The molecule has 8 heteroatoms. The van der Waals surface area contributed by atoms with Crippen LogP contribution in [-0.2, 0) is 11.2 Å². The Bertz CT molecular complexity index is 1180. The maximum absolute atomic E-state index is 13.7. The largest absolute Gasteiger partial charge is 0.491 e. The summed E-state index contributed by atoms with van der Waals surface area (Å²) in [5, 5.41) is 2.03. The quantitative estimate of drug-likeness (QED) is 0.336. The highest BCUT2D eigenvalue weighted by molar-refractivity contribution is 9.10. The van der Waals surface area contributed by atoms with Crippen molar-refractivity contribution in [2.75, 3.05) is 19.7 Å². The summed E-state index contributed by atoms with van der Waals surface area (Å²) in [6, 6.07) is 14.8. The summed E-state index contributed by atoms with van der Waals surface area (Å²) < 4.78 is 20.1. The summed E-state index contributed by atoms with van der Waals surface area (Å²) in [7, 11) is 0. The summed E-state index contributed by atoms with van der Waals surface area (Å²) in [6.07, 6.45) is 1.51. The van der Waals surface area contributed by atoms with E-state index in [1.54, 1.807) is 40.5 Å². The Labute approximate surface area is 217 Å². The molecule has 0 N–H and O–H groups in total. The Morgan fingerprint density at radius 2 is 2.00 bits per heavy atom. The number of hydrogen-bond acceptors (Lipinski definition) is 4. The average molecular weight is 560 g/mol. The summed E-state index contributed by atoms with van der Waals surface area (Å²) in [5.74, 6) is -0.0565. The Balaban J connectivity index is 1.54. The van der Waals surface area contributed by atoms with Gasteiger partial charge < -0.3 is 14.5 Å². The molecule has 0 radical (unpaired) electrons. The van der Waals surface area contributed by atoms with Gasteiger partial charge in [-0.1, -0.05) is 28.9 Å². The Morgan fingerprint density at radius 1 is 1.23 bits per heavy atom. The summed E-state index contributed by atoms with van der Waals surface area (Å²) >= 11 is 5.11. The first kappa shape index (κ1) is 25.4. The van der Waals surface area contributed by atoms with Crippen LogP contribution in [-0.4, -0.2) is 47.4 Å².